The van der Waals surface area contributed by atoms with Gasteiger partial charge in [0.05, 0.1) is 22.7 Å². The largest absolute Gasteiger partial charge is 0.380 e. The van der Waals surface area contributed by atoms with Crippen molar-refractivity contribution in [1.29, 1.82) is 0 Å². The maximum absolute atomic E-state index is 13.2. The van der Waals surface area contributed by atoms with E-state index < -0.39 is 10.8 Å². The van der Waals surface area contributed by atoms with Crippen LogP contribution in [0.4, 0.5) is 4.39 Å². The van der Waals surface area contributed by atoms with E-state index in [1.54, 1.807) is 12.1 Å². The fourth-order valence-corrected chi connectivity index (χ4v) is 3.73. The molecule has 0 aromatic heterocycles. The molecule has 1 heterocycles. The smallest absolute Gasteiger partial charge is 0.124 e. The van der Waals surface area contributed by atoms with Crippen molar-refractivity contribution in [3.05, 3.63) is 30.1 Å². The van der Waals surface area contributed by atoms with E-state index in [4.69, 9.17) is 4.74 Å². The molecule has 1 aromatic rings. The predicted octanol–water partition coefficient (Wildman–Crippen LogP) is 1.70. The van der Waals surface area contributed by atoms with Gasteiger partial charge in [-0.25, -0.2) is 4.39 Å². The second kappa shape index (κ2) is 6.41. The van der Waals surface area contributed by atoms with Gasteiger partial charge in [0.1, 0.15) is 5.82 Å². The molecule has 0 spiro atoms. The van der Waals surface area contributed by atoms with E-state index in [-0.39, 0.29) is 17.1 Å². The molecule has 1 aromatic carbocycles. The van der Waals surface area contributed by atoms with Gasteiger partial charge in [-0.2, -0.15) is 0 Å². The molecule has 3 nitrogen and oxygen atoms in total. The Balaban J connectivity index is 2.15. The van der Waals surface area contributed by atoms with Crippen LogP contribution in [-0.4, -0.2) is 35.3 Å². The van der Waals surface area contributed by atoms with Crippen LogP contribution in [0.1, 0.15) is 13.3 Å². The lowest BCUT2D eigenvalue weighted by Gasteiger charge is -2.31. The van der Waals surface area contributed by atoms with Crippen LogP contribution in [0.5, 0.6) is 0 Å². The van der Waals surface area contributed by atoms with Gasteiger partial charge in [-0.1, -0.05) is 13.0 Å². The van der Waals surface area contributed by atoms with Gasteiger partial charge in [-0.05, 0) is 31.2 Å². The highest BCUT2D eigenvalue weighted by Gasteiger charge is 2.30. The molecule has 3 atom stereocenters. The maximum atomic E-state index is 13.2. The summed E-state index contributed by atoms with van der Waals surface area (Å²) in [5.41, 5.74) is 0. The predicted molar refractivity (Wildman–Crippen MR) is 69.5 cm³/mol. The Morgan fingerprint density at radius 3 is 3.11 bits per heavy atom. The Morgan fingerprint density at radius 1 is 1.56 bits per heavy atom. The number of rotatable bonds is 4. The van der Waals surface area contributed by atoms with E-state index in [0.29, 0.717) is 18.1 Å². The lowest BCUT2D eigenvalue weighted by atomic mass is 10.1. The number of ether oxygens (including phenoxy) is 1. The minimum Gasteiger partial charge on any atom is -0.380 e. The van der Waals surface area contributed by atoms with Crippen molar-refractivity contribution >= 4 is 10.8 Å². The quantitative estimate of drug-likeness (QED) is 0.906. The van der Waals surface area contributed by atoms with Crippen molar-refractivity contribution in [2.24, 2.45) is 0 Å². The third-order valence-electron chi connectivity index (χ3n) is 3.07. The van der Waals surface area contributed by atoms with Crippen LogP contribution in [0.25, 0.3) is 0 Å². The molecule has 0 radical (unpaired) electrons. The van der Waals surface area contributed by atoms with Gasteiger partial charge < -0.3 is 10.1 Å². The van der Waals surface area contributed by atoms with E-state index in [1.165, 1.54) is 12.1 Å². The topological polar surface area (TPSA) is 38.3 Å². The van der Waals surface area contributed by atoms with Crippen molar-refractivity contribution in [1.82, 2.24) is 5.32 Å². The molecule has 1 aliphatic heterocycles. The van der Waals surface area contributed by atoms with Gasteiger partial charge in [-0.15, -0.1) is 0 Å². The van der Waals surface area contributed by atoms with Gasteiger partial charge >= 0.3 is 0 Å². The number of benzene rings is 1. The first-order chi connectivity index (χ1) is 8.72. The third kappa shape index (κ3) is 3.16. The first kappa shape index (κ1) is 13.6. The minimum atomic E-state index is -1.24. The summed E-state index contributed by atoms with van der Waals surface area (Å²) in [6.45, 7) is 4.01. The Kier molecular flexibility index (Phi) is 4.86. The maximum Gasteiger partial charge on any atom is 0.124 e. The van der Waals surface area contributed by atoms with Crippen LogP contribution < -0.4 is 5.32 Å². The molecule has 0 amide bonds. The first-order valence-electron chi connectivity index (χ1n) is 6.19. The normalized spacial score (nSPS) is 25.9. The van der Waals surface area contributed by atoms with Crippen LogP contribution in [0.2, 0.25) is 0 Å². The SMILES string of the molecule is CCNC1CCOCC1S(=O)c1cccc(F)c1. The van der Waals surface area contributed by atoms with Crippen LogP contribution in [0.3, 0.4) is 0 Å². The molecule has 1 aliphatic rings. The summed E-state index contributed by atoms with van der Waals surface area (Å²) >= 11 is 0. The molecule has 100 valence electrons. The monoisotopic (exact) mass is 271 g/mol. The number of nitrogens with one attached hydrogen (secondary N) is 1. The van der Waals surface area contributed by atoms with Crippen molar-refractivity contribution < 1.29 is 13.3 Å². The lowest BCUT2D eigenvalue weighted by molar-refractivity contribution is 0.0824. The zero-order chi connectivity index (χ0) is 13.0. The van der Waals surface area contributed by atoms with Crippen molar-refractivity contribution in [3.63, 3.8) is 0 Å². The molecular formula is C13H18FNO2S. The van der Waals surface area contributed by atoms with Crippen molar-refractivity contribution in [3.8, 4) is 0 Å². The highest BCUT2D eigenvalue weighted by Crippen LogP contribution is 2.20. The molecule has 1 N–H and O–H groups in total. The first-order valence-corrected chi connectivity index (χ1v) is 7.41. The van der Waals surface area contributed by atoms with Crippen LogP contribution in [-0.2, 0) is 15.5 Å². The number of hydrogen-bond acceptors (Lipinski definition) is 3. The summed E-state index contributed by atoms with van der Waals surface area (Å²) in [4.78, 5) is 0.536. The summed E-state index contributed by atoms with van der Waals surface area (Å²) in [6, 6.07) is 6.17. The van der Waals surface area contributed by atoms with Gasteiger partial charge in [0.15, 0.2) is 0 Å². The second-order valence-electron chi connectivity index (χ2n) is 4.32. The molecule has 5 heteroatoms. The Morgan fingerprint density at radius 2 is 2.39 bits per heavy atom. The van der Waals surface area contributed by atoms with Crippen LogP contribution in [0.15, 0.2) is 29.2 Å². The van der Waals surface area contributed by atoms with E-state index in [9.17, 15) is 8.60 Å². The van der Waals surface area contributed by atoms with Gasteiger partial charge in [0.25, 0.3) is 0 Å². The zero-order valence-electron chi connectivity index (χ0n) is 10.4. The third-order valence-corrected chi connectivity index (χ3v) is 4.81. The fraction of sp³-hybridized carbons (Fsp3) is 0.538. The zero-order valence-corrected chi connectivity index (χ0v) is 11.2. The van der Waals surface area contributed by atoms with Crippen molar-refractivity contribution in [2.45, 2.75) is 29.5 Å². The Hall–Kier alpha value is -0.780. The van der Waals surface area contributed by atoms with E-state index in [1.807, 2.05) is 6.92 Å². The van der Waals surface area contributed by atoms with Gasteiger partial charge in [0, 0.05) is 17.5 Å². The summed E-state index contributed by atoms with van der Waals surface area (Å²) in [6.07, 6.45) is 0.847. The molecule has 0 bridgehead atoms. The van der Waals surface area contributed by atoms with E-state index >= 15 is 0 Å². The summed E-state index contributed by atoms with van der Waals surface area (Å²) in [5, 5.41) is 3.22. The van der Waals surface area contributed by atoms with E-state index in [2.05, 4.69) is 5.32 Å². The molecule has 0 aliphatic carbocycles. The molecule has 1 saturated heterocycles. The molecular weight excluding hydrogens is 253 g/mol. The molecule has 0 saturated carbocycles. The van der Waals surface area contributed by atoms with Crippen LogP contribution >= 0.6 is 0 Å². The van der Waals surface area contributed by atoms with E-state index in [0.717, 1.165) is 13.0 Å². The highest BCUT2D eigenvalue weighted by molar-refractivity contribution is 7.85. The van der Waals surface area contributed by atoms with Gasteiger partial charge in [0.2, 0.25) is 0 Å². The Bertz CT molecular complexity index is 425. The molecule has 3 unspecified atom stereocenters. The molecule has 2 rings (SSSR count). The lowest BCUT2D eigenvalue weighted by Crippen LogP contribution is -2.48. The average molecular weight is 271 g/mol. The second-order valence-corrected chi connectivity index (χ2v) is 5.99. The minimum absolute atomic E-state index is 0.111. The summed E-state index contributed by atoms with van der Waals surface area (Å²) < 4.78 is 31.0. The highest BCUT2D eigenvalue weighted by atomic mass is 32.2. The molecule has 18 heavy (non-hydrogen) atoms. The molecule has 1 fully saturated rings. The fourth-order valence-electron chi connectivity index (χ4n) is 2.19. The van der Waals surface area contributed by atoms with Crippen LogP contribution in [0, 0.1) is 5.82 Å². The van der Waals surface area contributed by atoms with Crippen molar-refractivity contribution in [2.75, 3.05) is 19.8 Å². The number of hydrogen-bond donors (Lipinski definition) is 1. The summed E-state index contributed by atoms with van der Waals surface area (Å²) in [5.74, 6) is -0.349. The standard InChI is InChI=1S/C13H18FNO2S/c1-2-15-12-6-7-17-9-13(12)18(16)11-5-3-4-10(14)8-11/h3-5,8,12-13,15H,2,6-7,9H2,1H3. The Labute approximate surface area is 109 Å². The average Bonchev–Trinajstić information content (AvgIpc) is 2.39. The number of halogens is 1. The van der Waals surface area contributed by atoms with Gasteiger partial charge in [-0.3, -0.25) is 4.21 Å². The summed E-state index contributed by atoms with van der Waals surface area (Å²) in [7, 11) is -1.24.